The van der Waals surface area contributed by atoms with Crippen LogP contribution in [0.1, 0.15) is 37.2 Å². The lowest BCUT2D eigenvalue weighted by atomic mass is 9.96. The predicted molar refractivity (Wildman–Crippen MR) is 60.7 cm³/mol. The van der Waals surface area contributed by atoms with Crippen LogP contribution >= 0.6 is 0 Å². The number of rotatable bonds is 3. The summed E-state index contributed by atoms with van der Waals surface area (Å²) in [5.74, 6) is 1.04. The Hall–Kier alpha value is -1.25. The monoisotopic (exact) mass is 224 g/mol. The van der Waals surface area contributed by atoms with Crippen LogP contribution in [0.25, 0.3) is 0 Å². The molecule has 0 heterocycles. The van der Waals surface area contributed by atoms with Crippen molar-refractivity contribution < 1.29 is 13.9 Å². The lowest BCUT2D eigenvalue weighted by Gasteiger charge is -2.15. The standard InChI is InChI=1S/C13H17FO2/c1-15-10-7-11(9-5-3-4-6-9)13(14)12(8-10)16-2/h7-9H,3-6H2,1-2H3. The number of ether oxygens (including phenoxy) is 2. The molecule has 0 aliphatic heterocycles. The van der Waals surface area contributed by atoms with E-state index in [2.05, 4.69) is 0 Å². The van der Waals surface area contributed by atoms with Crippen molar-refractivity contribution in [2.45, 2.75) is 31.6 Å². The Morgan fingerprint density at radius 1 is 1.12 bits per heavy atom. The molecule has 2 nitrogen and oxygen atoms in total. The van der Waals surface area contributed by atoms with Crippen LogP contribution in [0.2, 0.25) is 0 Å². The molecule has 2 rings (SSSR count). The van der Waals surface area contributed by atoms with Crippen LogP contribution in [-0.4, -0.2) is 14.2 Å². The fourth-order valence-corrected chi connectivity index (χ4v) is 2.39. The minimum atomic E-state index is -0.227. The molecule has 1 fully saturated rings. The van der Waals surface area contributed by atoms with Crippen LogP contribution in [0.3, 0.4) is 0 Å². The van der Waals surface area contributed by atoms with Crippen LogP contribution in [-0.2, 0) is 0 Å². The number of hydrogen-bond donors (Lipinski definition) is 0. The minimum Gasteiger partial charge on any atom is -0.497 e. The van der Waals surface area contributed by atoms with Crippen molar-refractivity contribution >= 4 is 0 Å². The van der Waals surface area contributed by atoms with Gasteiger partial charge in [0.15, 0.2) is 11.6 Å². The third-order valence-corrected chi connectivity index (χ3v) is 3.29. The maximum absolute atomic E-state index is 14.1. The molecule has 16 heavy (non-hydrogen) atoms. The van der Waals surface area contributed by atoms with Gasteiger partial charge in [-0.15, -0.1) is 0 Å². The van der Waals surface area contributed by atoms with Crippen molar-refractivity contribution in [1.82, 2.24) is 0 Å². The van der Waals surface area contributed by atoms with Gasteiger partial charge < -0.3 is 9.47 Å². The van der Waals surface area contributed by atoms with Gasteiger partial charge in [0.25, 0.3) is 0 Å². The van der Waals surface area contributed by atoms with Gasteiger partial charge in [0, 0.05) is 6.07 Å². The molecular weight excluding hydrogens is 207 g/mol. The van der Waals surface area contributed by atoms with Gasteiger partial charge in [0.1, 0.15) is 5.75 Å². The summed E-state index contributed by atoms with van der Waals surface area (Å²) in [4.78, 5) is 0. The first-order valence-electron chi connectivity index (χ1n) is 5.67. The van der Waals surface area contributed by atoms with Crippen LogP contribution < -0.4 is 9.47 Å². The summed E-state index contributed by atoms with van der Waals surface area (Å²) in [6.07, 6.45) is 4.49. The van der Waals surface area contributed by atoms with Crippen LogP contribution in [0.5, 0.6) is 11.5 Å². The largest absolute Gasteiger partial charge is 0.497 e. The fourth-order valence-electron chi connectivity index (χ4n) is 2.39. The molecule has 0 spiro atoms. The Morgan fingerprint density at radius 2 is 1.81 bits per heavy atom. The van der Waals surface area contributed by atoms with Crippen molar-refractivity contribution in [3.63, 3.8) is 0 Å². The lowest BCUT2D eigenvalue weighted by Crippen LogP contribution is -2.01. The molecule has 0 bridgehead atoms. The zero-order valence-corrected chi connectivity index (χ0v) is 9.75. The van der Waals surface area contributed by atoms with E-state index in [-0.39, 0.29) is 11.6 Å². The van der Waals surface area contributed by atoms with Gasteiger partial charge in [0.05, 0.1) is 14.2 Å². The molecule has 0 amide bonds. The van der Waals surface area contributed by atoms with E-state index >= 15 is 0 Å². The maximum Gasteiger partial charge on any atom is 0.168 e. The second-order valence-corrected chi connectivity index (χ2v) is 4.21. The molecule has 1 aliphatic rings. The molecule has 0 saturated heterocycles. The third-order valence-electron chi connectivity index (χ3n) is 3.29. The minimum absolute atomic E-state index is 0.227. The van der Waals surface area contributed by atoms with Crippen molar-refractivity contribution in [2.24, 2.45) is 0 Å². The molecule has 0 N–H and O–H groups in total. The summed E-state index contributed by atoms with van der Waals surface area (Å²) in [5.41, 5.74) is 0.744. The maximum atomic E-state index is 14.1. The number of benzene rings is 1. The van der Waals surface area contributed by atoms with Gasteiger partial charge in [-0.25, -0.2) is 4.39 Å². The Balaban J connectivity index is 2.41. The van der Waals surface area contributed by atoms with Gasteiger partial charge in [-0.2, -0.15) is 0 Å². The first-order valence-corrected chi connectivity index (χ1v) is 5.67. The van der Waals surface area contributed by atoms with Gasteiger partial charge in [-0.05, 0) is 30.4 Å². The highest BCUT2D eigenvalue weighted by molar-refractivity contribution is 5.41. The summed E-state index contributed by atoms with van der Waals surface area (Å²) in [6.45, 7) is 0. The molecule has 0 atom stereocenters. The van der Waals surface area contributed by atoms with Gasteiger partial charge in [0.2, 0.25) is 0 Å². The SMILES string of the molecule is COc1cc(OC)c(F)c(C2CCCC2)c1. The molecular formula is C13H17FO2. The van der Waals surface area contributed by atoms with E-state index in [1.165, 1.54) is 20.0 Å². The van der Waals surface area contributed by atoms with Crippen LogP contribution in [0.15, 0.2) is 12.1 Å². The summed E-state index contributed by atoms with van der Waals surface area (Å²) >= 11 is 0. The quantitative estimate of drug-likeness (QED) is 0.782. The average molecular weight is 224 g/mol. The first-order chi connectivity index (χ1) is 7.76. The zero-order valence-electron chi connectivity index (χ0n) is 9.75. The van der Waals surface area contributed by atoms with E-state index in [1.807, 2.05) is 0 Å². The van der Waals surface area contributed by atoms with E-state index in [4.69, 9.17) is 9.47 Å². The van der Waals surface area contributed by atoms with Gasteiger partial charge in [-0.1, -0.05) is 12.8 Å². The second-order valence-electron chi connectivity index (χ2n) is 4.21. The van der Waals surface area contributed by atoms with Crippen molar-refractivity contribution in [3.8, 4) is 11.5 Å². The van der Waals surface area contributed by atoms with Crippen molar-refractivity contribution in [2.75, 3.05) is 14.2 Å². The summed E-state index contributed by atoms with van der Waals surface area (Å²) in [7, 11) is 3.07. The predicted octanol–water partition coefficient (Wildman–Crippen LogP) is 3.50. The number of halogens is 1. The average Bonchev–Trinajstić information content (AvgIpc) is 2.83. The second kappa shape index (κ2) is 4.73. The topological polar surface area (TPSA) is 18.5 Å². The Bertz CT molecular complexity index is 370. The van der Waals surface area contributed by atoms with Crippen LogP contribution in [0.4, 0.5) is 4.39 Å². The summed E-state index contributed by atoms with van der Waals surface area (Å²) in [6, 6.07) is 3.39. The number of methoxy groups -OCH3 is 2. The van der Waals surface area contributed by atoms with Gasteiger partial charge >= 0.3 is 0 Å². The molecule has 1 saturated carbocycles. The zero-order chi connectivity index (χ0) is 11.5. The summed E-state index contributed by atoms with van der Waals surface area (Å²) < 4.78 is 24.3. The smallest absolute Gasteiger partial charge is 0.168 e. The summed E-state index contributed by atoms with van der Waals surface area (Å²) in [5, 5.41) is 0. The molecule has 3 heteroatoms. The molecule has 88 valence electrons. The Kier molecular flexibility index (Phi) is 3.32. The van der Waals surface area contributed by atoms with Crippen molar-refractivity contribution in [1.29, 1.82) is 0 Å². The fraction of sp³-hybridized carbons (Fsp3) is 0.538. The highest BCUT2D eigenvalue weighted by Crippen LogP contribution is 2.39. The number of hydrogen-bond acceptors (Lipinski definition) is 2. The highest BCUT2D eigenvalue weighted by atomic mass is 19.1. The Labute approximate surface area is 95.4 Å². The lowest BCUT2D eigenvalue weighted by molar-refractivity contribution is 0.369. The molecule has 0 aromatic heterocycles. The molecule has 1 aromatic rings. The van der Waals surface area contributed by atoms with E-state index in [1.54, 1.807) is 19.2 Å². The van der Waals surface area contributed by atoms with E-state index in [9.17, 15) is 4.39 Å². The van der Waals surface area contributed by atoms with Gasteiger partial charge in [-0.3, -0.25) is 0 Å². The molecule has 1 aliphatic carbocycles. The van der Waals surface area contributed by atoms with Crippen molar-refractivity contribution in [3.05, 3.63) is 23.5 Å². The highest BCUT2D eigenvalue weighted by Gasteiger charge is 2.23. The van der Waals surface area contributed by atoms with Crippen LogP contribution in [0, 0.1) is 5.82 Å². The normalized spacial score (nSPS) is 16.4. The third kappa shape index (κ3) is 1.99. The molecule has 0 unspecified atom stereocenters. The molecule has 0 radical (unpaired) electrons. The Morgan fingerprint density at radius 3 is 2.38 bits per heavy atom. The molecule has 1 aromatic carbocycles. The van der Waals surface area contributed by atoms with E-state index in [0.29, 0.717) is 11.7 Å². The van der Waals surface area contributed by atoms with E-state index < -0.39 is 0 Å². The first kappa shape index (κ1) is 11.2. The van der Waals surface area contributed by atoms with E-state index in [0.717, 1.165) is 18.4 Å².